The van der Waals surface area contributed by atoms with Crippen LogP contribution in [0, 0.1) is 13.8 Å². The minimum Gasteiger partial charge on any atom is -0.507 e. The number of fused-ring (bicyclic) bond motifs is 9. The number of benzene rings is 8. The van der Waals surface area contributed by atoms with Gasteiger partial charge >= 0.3 is 8.16 Å². The number of phenols is 4. The Labute approximate surface area is 400 Å². The van der Waals surface area contributed by atoms with Gasteiger partial charge in [-0.2, -0.15) is 4.67 Å². The summed E-state index contributed by atoms with van der Waals surface area (Å²) in [6.07, 6.45) is 8.94. The van der Waals surface area contributed by atoms with Gasteiger partial charge in [-0.25, -0.2) is 0 Å². The summed E-state index contributed by atoms with van der Waals surface area (Å²) in [5.74, 6) is 1.03. The van der Waals surface area contributed by atoms with Crippen molar-refractivity contribution >= 4 is 51.6 Å². The molecule has 0 aliphatic heterocycles. The fourth-order valence-electron chi connectivity index (χ4n) is 10.6. The summed E-state index contributed by atoms with van der Waals surface area (Å²) in [7, 11) is -1.29. The molecule has 0 amide bonds. The van der Waals surface area contributed by atoms with Crippen LogP contribution in [0.2, 0.25) is 0 Å². The second kappa shape index (κ2) is 19.9. The van der Waals surface area contributed by atoms with Crippen molar-refractivity contribution in [2.24, 2.45) is 0 Å². The maximum atomic E-state index is 10.5. The van der Waals surface area contributed by atoms with Gasteiger partial charge in [-0.15, -0.1) is 0 Å². The van der Waals surface area contributed by atoms with E-state index in [1.54, 1.807) is 36.4 Å². The van der Waals surface area contributed by atoms with Crippen molar-refractivity contribution in [3.05, 3.63) is 167 Å². The van der Waals surface area contributed by atoms with Gasteiger partial charge in [-0.1, -0.05) is 97.1 Å². The van der Waals surface area contributed by atoms with E-state index in [-0.39, 0.29) is 11.5 Å². The van der Waals surface area contributed by atoms with Crippen molar-refractivity contribution in [2.75, 3.05) is 4.67 Å². The van der Waals surface area contributed by atoms with Crippen LogP contribution in [0.1, 0.15) is 86.8 Å². The number of nitrogens with zero attached hydrogens (tertiary/aromatic N) is 1. The molecule has 0 fully saturated rings. The van der Waals surface area contributed by atoms with Crippen molar-refractivity contribution in [1.29, 1.82) is 0 Å². The highest BCUT2D eigenvalue weighted by Gasteiger charge is 2.26. The van der Waals surface area contributed by atoms with Crippen LogP contribution in [0.3, 0.4) is 0 Å². The lowest BCUT2D eigenvalue weighted by atomic mass is 9.80. The van der Waals surface area contributed by atoms with Gasteiger partial charge in [0.25, 0.3) is 0 Å². The Balaban J connectivity index is 0.000000134. The molecule has 0 unspecified atom stereocenters. The third-order valence-corrected chi connectivity index (χ3v) is 15.7. The first-order valence-electron chi connectivity index (χ1n) is 24.1. The summed E-state index contributed by atoms with van der Waals surface area (Å²) in [5.41, 5.74) is 12.1. The van der Waals surface area contributed by atoms with E-state index in [1.807, 2.05) is 26.0 Å². The first-order valence-corrected chi connectivity index (χ1v) is 25.3. The summed E-state index contributed by atoms with van der Waals surface area (Å²) >= 11 is 0. The van der Waals surface area contributed by atoms with Crippen LogP contribution < -0.4 is 4.67 Å². The lowest BCUT2D eigenvalue weighted by Crippen LogP contribution is -2.34. The number of phenolic OH excluding ortho intramolecular Hbond substituents is 4. The SMILES string of the molecule is CC(C)N(C(C)C)p1oc2ccc3ccccc3c2c2c(ccc3ccccc32)o1.Cc1cccc(O)c1-c1c(C)cccc1O.Oc1ccc2c(c1-c1c(O)ccc3c1CCCC3)CCCC2. The molecule has 0 atom stereocenters. The van der Waals surface area contributed by atoms with E-state index in [9.17, 15) is 20.4 Å². The van der Waals surface area contributed by atoms with E-state index in [0.29, 0.717) is 34.7 Å². The molecule has 11 rings (SSSR count). The molecule has 2 aliphatic carbocycles. The van der Waals surface area contributed by atoms with E-state index in [1.165, 1.54) is 69.5 Å². The third kappa shape index (κ3) is 9.06. The third-order valence-electron chi connectivity index (χ3n) is 13.7. The second-order valence-corrected chi connectivity index (χ2v) is 20.2. The Morgan fingerprint density at radius 1 is 0.426 bits per heavy atom. The van der Waals surface area contributed by atoms with Gasteiger partial charge in [0, 0.05) is 45.1 Å². The zero-order valence-corrected chi connectivity index (χ0v) is 40.9. The molecule has 4 N–H and O–H groups in total. The molecule has 1 aromatic heterocycles. The average molecular weight is 924 g/mol. The molecule has 1 heterocycles. The molecular formula is C60H62NO6P. The zero-order valence-electron chi connectivity index (χ0n) is 40.0. The number of hydrogen-bond donors (Lipinski definition) is 4. The van der Waals surface area contributed by atoms with Crippen LogP contribution in [0.4, 0.5) is 0 Å². The van der Waals surface area contributed by atoms with E-state index in [2.05, 4.69) is 117 Å². The Kier molecular flexibility index (Phi) is 13.6. The Hall–Kier alpha value is -6.66. The van der Waals surface area contributed by atoms with Crippen molar-refractivity contribution in [1.82, 2.24) is 0 Å². The fourth-order valence-corrected chi connectivity index (χ4v) is 12.2. The number of rotatable bonds is 5. The topological polar surface area (TPSA) is 110 Å². The Bertz CT molecular complexity index is 3090. The predicted octanol–water partition coefficient (Wildman–Crippen LogP) is 16.3. The van der Waals surface area contributed by atoms with Gasteiger partial charge in [0.05, 0.1) is 0 Å². The van der Waals surface area contributed by atoms with Crippen LogP contribution in [0.25, 0.3) is 65.7 Å². The molecule has 0 saturated carbocycles. The second-order valence-electron chi connectivity index (χ2n) is 18.9. The largest absolute Gasteiger partial charge is 0.507 e. The fraction of sp³-hybridized carbons (Fsp3) is 0.267. The van der Waals surface area contributed by atoms with Gasteiger partial charge in [0.1, 0.15) is 34.2 Å². The van der Waals surface area contributed by atoms with E-state index in [4.69, 9.17) is 8.39 Å². The molecular weight excluding hydrogens is 862 g/mol. The van der Waals surface area contributed by atoms with Crippen molar-refractivity contribution in [3.8, 4) is 45.3 Å². The van der Waals surface area contributed by atoms with Crippen LogP contribution in [0.5, 0.6) is 23.0 Å². The molecule has 0 bridgehead atoms. The van der Waals surface area contributed by atoms with E-state index < -0.39 is 8.16 Å². The van der Waals surface area contributed by atoms with E-state index in [0.717, 1.165) is 69.9 Å². The summed E-state index contributed by atoms with van der Waals surface area (Å²) < 4.78 is 15.6. The van der Waals surface area contributed by atoms with Crippen molar-refractivity contribution in [2.45, 2.75) is 105 Å². The lowest BCUT2D eigenvalue weighted by molar-refractivity contribution is 0.466. The molecule has 0 saturated heterocycles. The van der Waals surface area contributed by atoms with Gasteiger partial charge in [0.15, 0.2) is 0 Å². The standard InChI is InChI=1S/C26H26NO2P.C20H22O2.C14H14O2/c1-17(2)27(18(3)4)30-28-23-15-13-19-9-5-7-11-21(19)25(23)26-22-12-8-6-10-20(22)14-16-24(26)29-30;21-17-11-9-13-5-1-3-7-15(13)19(17)20-16-8-4-2-6-14(16)10-12-18(20)22;1-9-5-3-7-11(15)13(9)14-10(2)6-4-8-12(14)16/h5-18H,1-4H3;9-12,21-22H,1-8H2;3-8,15-16H,1-2H3. The normalized spacial score (nSPS) is 13.3. The monoisotopic (exact) mass is 923 g/mol. The summed E-state index contributed by atoms with van der Waals surface area (Å²) in [6, 6.07) is 44.6. The zero-order chi connectivity index (χ0) is 47.6. The first-order chi connectivity index (χ1) is 32.9. The maximum Gasteiger partial charge on any atom is 0.310 e. The summed E-state index contributed by atoms with van der Waals surface area (Å²) in [6.45, 7) is 12.6. The smallest absolute Gasteiger partial charge is 0.310 e. The first kappa shape index (κ1) is 46.5. The van der Waals surface area contributed by atoms with Crippen LogP contribution in [-0.2, 0) is 25.7 Å². The minimum atomic E-state index is -1.29. The number of aryl methyl sites for hydroxylation is 4. The average Bonchev–Trinajstić information content (AvgIpc) is 3.50. The van der Waals surface area contributed by atoms with E-state index >= 15 is 0 Å². The maximum absolute atomic E-state index is 10.5. The molecule has 7 nitrogen and oxygen atoms in total. The quantitative estimate of drug-likeness (QED) is 0.136. The number of hydrogen-bond acceptors (Lipinski definition) is 7. The van der Waals surface area contributed by atoms with Crippen molar-refractivity contribution in [3.63, 3.8) is 0 Å². The number of aromatic hydroxyl groups is 4. The molecule has 0 radical (unpaired) electrons. The molecule has 68 heavy (non-hydrogen) atoms. The molecule has 8 aromatic carbocycles. The highest BCUT2D eigenvalue weighted by Crippen LogP contribution is 2.47. The Morgan fingerprint density at radius 2 is 0.824 bits per heavy atom. The van der Waals surface area contributed by atoms with Gasteiger partial charge < -0.3 is 28.8 Å². The van der Waals surface area contributed by atoms with Crippen LogP contribution >= 0.6 is 8.16 Å². The lowest BCUT2D eigenvalue weighted by Gasteiger charge is -2.26. The summed E-state index contributed by atoms with van der Waals surface area (Å²) in [5, 5.41) is 47.9. The van der Waals surface area contributed by atoms with Gasteiger partial charge in [0.2, 0.25) is 0 Å². The van der Waals surface area contributed by atoms with Crippen LogP contribution in [0.15, 0.2) is 142 Å². The molecule has 2 aliphatic rings. The van der Waals surface area contributed by atoms with Gasteiger partial charge in [-0.05, 0) is 184 Å². The predicted molar refractivity (Wildman–Crippen MR) is 283 cm³/mol. The molecule has 9 aromatic rings. The molecule has 8 heteroatoms. The highest BCUT2D eigenvalue weighted by molar-refractivity contribution is 7.39. The van der Waals surface area contributed by atoms with Crippen molar-refractivity contribution < 1.29 is 28.8 Å². The molecule has 348 valence electrons. The minimum absolute atomic E-state index is 0.199. The molecule has 0 spiro atoms. The Morgan fingerprint density at radius 3 is 1.24 bits per heavy atom. The van der Waals surface area contributed by atoms with Crippen LogP contribution in [-0.4, -0.2) is 32.5 Å². The summed E-state index contributed by atoms with van der Waals surface area (Å²) in [4.78, 5) is 0. The highest BCUT2D eigenvalue weighted by atomic mass is 31.1. The van der Waals surface area contributed by atoms with Gasteiger partial charge in [-0.3, -0.25) is 0 Å².